The van der Waals surface area contributed by atoms with Gasteiger partial charge in [-0.1, -0.05) is 18.2 Å². The molecule has 0 radical (unpaired) electrons. The maximum atomic E-state index is 13.2. The van der Waals surface area contributed by atoms with Crippen LogP contribution in [0.3, 0.4) is 0 Å². The average molecular weight is 367 g/mol. The smallest absolute Gasteiger partial charge is 0.167 e. The molecule has 144 valence electrons. The number of aliphatic hydroxyl groups excluding tert-OH is 1. The van der Waals surface area contributed by atoms with Crippen molar-refractivity contribution in [3.63, 3.8) is 0 Å². The fourth-order valence-electron chi connectivity index (χ4n) is 4.72. The molecule has 0 bridgehead atoms. The largest absolute Gasteiger partial charge is 0.497 e. The van der Waals surface area contributed by atoms with Gasteiger partial charge in [-0.25, -0.2) is 0 Å². The molecule has 27 heavy (non-hydrogen) atoms. The summed E-state index contributed by atoms with van der Waals surface area (Å²) in [5.41, 5.74) is 0.818. The highest BCUT2D eigenvalue weighted by Gasteiger charge is 2.32. The van der Waals surface area contributed by atoms with Crippen molar-refractivity contribution < 1.29 is 14.6 Å². The van der Waals surface area contributed by atoms with Gasteiger partial charge >= 0.3 is 0 Å². The van der Waals surface area contributed by atoms with Crippen LogP contribution >= 0.6 is 0 Å². The van der Waals surface area contributed by atoms with E-state index in [1.165, 1.54) is 0 Å². The number of likely N-dealkylation sites (tertiary alicyclic amines) is 1. The summed E-state index contributed by atoms with van der Waals surface area (Å²) in [5.74, 6) is 1.19. The number of nitrogens with zero attached hydrogens (tertiary/aromatic N) is 1. The summed E-state index contributed by atoms with van der Waals surface area (Å²) in [6.45, 7) is 1.95. The van der Waals surface area contributed by atoms with Crippen LogP contribution in [-0.2, 0) is 0 Å². The van der Waals surface area contributed by atoms with Gasteiger partial charge in [0.15, 0.2) is 5.78 Å². The summed E-state index contributed by atoms with van der Waals surface area (Å²) in [7, 11) is 1.67. The molecule has 2 aromatic rings. The highest BCUT2D eigenvalue weighted by atomic mass is 16.5. The van der Waals surface area contributed by atoms with Crippen LogP contribution < -0.4 is 4.74 Å². The molecule has 1 aliphatic heterocycles. The van der Waals surface area contributed by atoms with Crippen molar-refractivity contribution in [2.75, 3.05) is 20.2 Å². The van der Waals surface area contributed by atoms with E-state index in [-0.39, 0.29) is 17.8 Å². The standard InChI is InChI=1S/C23H29NO3/c1-27-22-11-6-16-13-18(5-4-17(16)14-22)23(26)19-3-2-12-24(15-19)20-7-9-21(25)10-8-20/h4-6,11,13-14,19-21,25H,2-3,7-10,12,15H2,1H3/t19-,20?,21?/m1/s1. The van der Waals surface area contributed by atoms with Crippen LogP contribution in [-0.4, -0.2) is 48.1 Å². The predicted octanol–water partition coefficient (Wildman–Crippen LogP) is 4.05. The van der Waals surface area contributed by atoms with E-state index in [4.69, 9.17) is 4.74 Å². The molecule has 4 nitrogen and oxygen atoms in total. The van der Waals surface area contributed by atoms with Crippen LogP contribution in [0.1, 0.15) is 48.9 Å². The van der Waals surface area contributed by atoms with E-state index >= 15 is 0 Å². The lowest BCUT2D eigenvalue weighted by molar-refractivity contribution is 0.0474. The Bertz CT molecular complexity index is 810. The molecule has 2 fully saturated rings. The average Bonchev–Trinajstić information content (AvgIpc) is 2.73. The monoisotopic (exact) mass is 367 g/mol. The summed E-state index contributed by atoms with van der Waals surface area (Å²) < 4.78 is 5.28. The Morgan fingerprint density at radius 1 is 1.04 bits per heavy atom. The molecule has 4 rings (SSSR count). The van der Waals surface area contributed by atoms with E-state index in [9.17, 15) is 9.90 Å². The summed E-state index contributed by atoms with van der Waals surface area (Å²) in [6.07, 6.45) is 5.84. The second-order valence-corrected chi connectivity index (χ2v) is 8.09. The van der Waals surface area contributed by atoms with Crippen LogP contribution in [0.25, 0.3) is 10.8 Å². The molecular weight excluding hydrogens is 338 g/mol. The number of ketones is 1. The fourth-order valence-corrected chi connectivity index (χ4v) is 4.72. The molecule has 2 aromatic carbocycles. The molecule has 2 aliphatic rings. The molecule has 4 heteroatoms. The number of rotatable bonds is 4. The Morgan fingerprint density at radius 2 is 1.78 bits per heavy atom. The van der Waals surface area contributed by atoms with Gasteiger partial charge in [0, 0.05) is 24.1 Å². The second kappa shape index (κ2) is 7.99. The topological polar surface area (TPSA) is 49.8 Å². The van der Waals surface area contributed by atoms with E-state index in [0.29, 0.717) is 6.04 Å². The minimum absolute atomic E-state index is 0.0845. The first-order chi connectivity index (χ1) is 13.1. The fraction of sp³-hybridized carbons (Fsp3) is 0.522. The molecule has 1 saturated carbocycles. The van der Waals surface area contributed by atoms with Crippen molar-refractivity contribution in [3.05, 3.63) is 42.0 Å². The maximum absolute atomic E-state index is 13.2. The van der Waals surface area contributed by atoms with Gasteiger partial charge in [0.2, 0.25) is 0 Å². The number of aliphatic hydroxyl groups is 1. The summed E-state index contributed by atoms with van der Waals surface area (Å²) >= 11 is 0. The highest BCUT2D eigenvalue weighted by Crippen LogP contribution is 2.30. The zero-order valence-corrected chi connectivity index (χ0v) is 16.1. The van der Waals surface area contributed by atoms with Gasteiger partial charge in [0.1, 0.15) is 5.75 Å². The highest BCUT2D eigenvalue weighted by molar-refractivity contribution is 6.01. The molecular formula is C23H29NO3. The number of benzene rings is 2. The number of hydrogen-bond donors (Lipinski definition) is 1. The van der Waals surface area contributed by atoms with E-state index in [2.05, 4.69) is 4.90 Å². The SMILES string of the molecule is COc1ccc2cc(C(=O)[C@@H]3CCCN(C4CCC(O)CC4)C3)ccc2c1. The zero-order chi connectivity index (χ0) is 18.8. The van der Waals surface area contributed by atoms with Crippen molar-refractivity contribution in [1.82, 2.24) is 4.90 Å². The van der Waals surface area contributed by atoms with Gasteiger partial charge < -0.3 is 9.84 Å². The first kappa shape index (κ1) is 18.5. The van der Waals surface area contributed by atoms with Gasteiger partial charge in [-0.2, -0.15) is 0 Å². The van der Waals surface area contributed by atoms with Gasteiger partial charge in [-0.05, 0) is 74.0 Å². The summed E-state index contributed by atoms with van der Waals surface area (Å²) in [5, 5.41) is 11.9. The minimum atomic E-state index is -0.125. The Labute approximate surface area is 161 Å². The lowest BCUT2D eigenvalue weighted by atomic mass is 9.86. The molecule has 1 N–H and O–H groups in total. The minimum Gasteiger partial charge on any atom is -0.497 e. The molecule has 1 atom stereocenters. The quantitative estimate of drug-likeness (QED) is 0.829. The lowest BCUT2D eigenvalue weighted by Crippen LogP contribution is -2.46. The van der Waals surface area contributed by atoms with E-state index in [0.717, 1.165) is 73.7 Å². The first-order valence-corrected chi connectivity index (χ1v) is 10.2. The van der Waals surface area contributed by atoms with E-state index in [1.807, 2.05) is 36.4 Å². The van der Waals surface area contributed by atoms with Gasteiger partial charge in [-0.3, -0.25) is 9.69 Å². The number of Topliss-reactive ketones (excluding diaryl/α,β-unsaturated/α-hetero) is 1. The third-order valence-electron chi connectivity index (χ3n) is 6.34. The van der Waals surface area contributed by atoms with Crippen molar-refractivity contribution in [2.24, 2.45) is 5.92 Å². The predicted molar refractivity (Wildman–Crippen MR) is 107 cm³/mol. The Balaban J connectivity index is 1.47. The number of hydrogen-bond acceptors (Lipinski definition) is 4. The zero-order valence-electron chi connectivity index (χ0n) is 16.1. The first-order valence-electron chi connectivity index (χ1n) is 10.2. The van der Waals surface area contributed by atoms with Crippen molar-refractivity contribution >= 4 is 16.6 Å². The van der Waals surface area contributed by atoms with Crippen LogP contribution in [0.5, 0.6) is 5.75 Å². The number of piperidine rings is 1. The van der Waals surface area contributed by atoms with Gasteiger partial charge in [0.25, 0.3) is 0 Å². The van der Waals surface area contributed by atoms with Gasteiger partial charge in [0.05, 0.1) is 13.2 Å². The van der Waals surface area contributed by atoms with Crippen LogP contribution in [0.15, 0.2) is 36.4 Å². The summed E-state index contributed by atoms with van der Waals surface area (Å²) in [6, 6.07) is 12.5. The number of methoxy groups -OCH3 is 1. The third-order valence-corrected chi connectivity index (χ3v) is 6.34. The Hall–Kier alpha value is -1.91. The third kappa shape index (κ3) is 4.02. The normalized spacial score (nSPS) is 26.8. The molecule has 0 aromatic heterocycles. The van der Waals surface area contributed by atoms with Crippen molar-refractivity contribution in [3.8, 4) is 5.75 Å². The van der Waals surface area contributed by atoms with E-state index < -0.39 is 0 Å². The molecule has 0 amide bonds. The van der Waals surface area contributed by atoms with Gasteiger partial charge in [-0.15, -0.1) is 0 Å². The van der Waals surface area contributed by atoms with Crippen LogP contribution in [0.2, 0.25) is 0 Å². The number of fused-ring (bicyclic) bond motifs is 1. The second-order valence-electron chi connectivity index (χ2n) is 8.09. The molecule has 0 spiro atoms. The van der Waals surface area contributed by atoms with E-state index in [1.54, 1.807) is 7.11 Å². The molecule has 1 heterocycles. The number of carbonyl (C=O) groups excluding carboxylic acids is 1. The maximum Gasteiger partial charge on any atom is 0.167 e. The molecule has 1 saturated heterocycles. The number of ether oxygens (including phenoxy) is 1. The summed E-state index contributed by atoms with van der Waals surface area (Å²) in [4.78, 5) is 15.7. The molecule has 0 unspecified atom stereocenters. The Kier molecular flexibility index (Phi) is 5.46. The molecule has 1 aliphatic carbocycles. The van der Waals surface area contributed by atoms with Crippen LogP contribution in [0, 0.1) is 5.92 Å². The van der Waals surface area contributed by atoms with Crippen molar-refractivity contribution in [2.45, 2.75) is 50.7 Å². The lowest BCUT2D eigenvalue weighted by Gasteiger charge is -2.40. The Morgan fingerprint density at radius 3 is 2.56 bits per heavy atom. The van der Waals surface area contributed by atoms with Crippen molar-refractivity contribution in [1.29, 1.82) is 0 Å². The number of carbonyl (C=O) groups is 1. The van der Waals surface area contributed by atoms with Crippen LogP contribution in [0.4, 0.5) is 0 Å².